The number of ether oxygens (including phenoxy) is 2. The van der Waals surface area contributed by atoms with Crippen LogP contribution in [0.25, 0.3) is 0 Å². The van der Waals surface area contributed by atoms with E-state index < -0.39 is 15.4 Å². The number of hydrogen-bond donors (Lipinski definition) is 1. The van der Waals surface area contributed by atoms with E-state index in [9.17, 15) is 8.42 Å². The molecule has 1 aliphatic rings. The fraction of sp³-hybridized carbons (Fsp3) is 0.500. The molecule has 1 aromatic carbocycles. The summed E-state index contributed by atoms with van der Waals surface area (Å²) in [5.41, 5.74) is -0.0333. The highest BCUT2D eigenvalue weighted by atomic mass is 32.2. The zero-order valence-electron chi connectivity index (χ0n) is 11.6. The molecular formula is C14H18N2O4S. The predicted molar refractivity (Wildman–Crippen MR) is 77.1 cm³/mol. The molecule has 2 rings (SSSR count). The minimum Gasteiger partial charge on any atom is -0.493 e. The number of primary sulfonamides is 1. The minimum atomic E-state index is -3.59. The second kappa shape index (κ2) is 6.43. The van der Waals surface area contributed by atoms with Crippen LogP contribution in [-0.2, 0) is 14.8 Å². The van der Waals surface area contributed by atoms with Crippen LogP contribution in [0.2, 0.25) is 0 Å². The van der Waals surface area contributed by atoms with Crippen molar-refractivity contribution in [2.75, 3.05) is 25.6 Å². The average Bonchev–Trinajstić information content (AvgIpc) is 2.45. The van der Waals surface area contributed by atoms with Crippen LogP contribution in [0.3, 0.4) is 0 Å². The van der Waals surface area contributed by atoms with Crippen LogP contribution < -0.4 is 9.88 Å². The van der Waals surface area contributed by atoms with Gasteiger partial charge in [-0.2, -0.15) is 5.26 Å². The number of sulfonamides is 1. The highest BCUT2D eigenvalue weighted by Crippen LogP contribution is 2.32. The van der Waals surface area contributed by atoms with Crippen LogP contribution in [-0.4, -0.2) is 34.0 Å². The molecule has 114 valence electrons. The molecule has 0 amide bonds. The van der Waals surface area contributed by atoms with E-state index in [1.165, 1.54) is 0 Å². The molecule has 0 aromatic heterocycles. The van der Waals surface area contributed by atoms with Gasteiger partial charge in [0.15, 0.2) is 0 Å². The van der Waals surface area contributed by atoms with Crippen molar-refractivity contribution in [3.8, 4) is 11.8 Å². The third kappa shape index (κ3) is 4.70. The maximum absolute atomic E-state index is 11.5. The number of nitriles is 1. The number of benzene rings is 1. The molecule has 0 saturated carbocycles. The van der Waals surface area contributed by atoms with Crippen molar-refractivity contribution in [1.29, 1.82) is 5.26 Å². The highest BCUT2D eigenvalue weighted by Gasteiger charge is 2.37. The first-order valence-electron chi connectivity index (χ1n) is 6.64. The summed E-state index contributed by atoms with van der Waals surface area (Å²) < 4.78 is 33.9. The summed E-state index contributed by atoms with van der Waals surface area (Å²) in [7, 11) is -3.59. The van der Waals surface area contributed by atoms with Crippen molar-refractivity contribution in [1.82, 2.24) is 0 Å². The molecule has 0 radical (unpaired) electrons. The average molecular weight is 310 g/mol. The van der Waals surface area contributed by atoms with E-state index in [0.29, 0.717) is 37.4 Å². The Kier molecular flexibility index (Phi) is 4.83. The maximum atomic E-state index is 11.5. The Hall–Kier alpha value is -1.62. The van der Waals surface area contributed by atoms with Gasteiger partial charge in [-0.25, -0.2) is 13.6 Å². The second-order valence-electron chi connectivity index (χ2n) is 5.35. The monoisotopic (exact) mass is 310 g/mol. The Bertz CT molecular complexity index is 631. The summed E-state index contributed by atoms with van der Waals surface area (Å²) in [6.45, 7) is 1.23. The second-order valence-corrected chi connectivity index (χ2v) is 6.96. The van der Waals surface area contributed by atoms with E-state index in [1.54, 1.807) is 24.3 Å². The highest BCUT2D eigenvalue weighted by molar-refractivity contribution is 7.89. The van der Waals surface area contributed by atoms with Crippen molar-refractivity contribution in [2.24, 2.45) is 10.6 Å². The van der Waals surface area contributed by atoms with Gasteiger partial charge in [-0.15, -0.1) is 0 Å². The van der Waals surface area contributed by atoms with Crippen LogP contribution in [0.15, 0.2) is 24.3 Å². The Morgan fingerprint density at radius 1 is 1.38 bits per heavy atom. The van der Waals surface area contributed by atoms with E-state index >= 15 is 0 Å². The summed E-state index contributed by atoms with van der Waals surface area (Å²) in [6, 6.07) is 8.82. The van der Waals surface area contributed by atoms with Crippen LogP contribution >= 0.6 is 0 Å². The van der Waals surface area contributed by atoms with Gasteiger partial charge in [0.2, 0.25) is 10.0 Å². The van der Waals surface area contributed by atoms with Crippen molar-refractivity contribution in [3.05, 3.63) is 29.8 Å². The Morgan fingerprint density at radius 2 is 2.10 bits per heavy atom. The van der Waals surface area contributed by atoms with Gasteiger partial charge < -0.3 is 9.47 Å². The van der Waals surface area contributed by atoms with Gasteiger partial charge in [0.1, 0.15) is 5.75 Å². The lowest BCUT2D eigenvalue weighted by Gasteiger charge is -2.36. The molecular weight excluding hydrogens is 292 g/mol. The van der Waals surface area contributed by atoms with Gasteiger partial charge in [0, 0.05) is 18.6 Å². The molecule has 1 fully saturated rings. The molecule has 2 N–H and O–H groups in total. The van der Waals surface area contributed by atoms with Gasteiger partial charge in [-0.05, 0) is 31.0 Å². The first-order valence-corrected chi connectivity index (χ1v) is 8.35. The molecule has 0 atom stereocenters. The lowest BCUT2D eigenvalue weighted by molar-refractivity contribution is 0.00209. The molecule has 1 saturated heterocycles. The van der Waals surface area contributed by atoms with E-state index in [0.717, 1.165) is 0 Å². The SMILES string of the molecule is N#Cc1cccc(OCC2(CS(N)(=O)=O)CCOCC2)c1. The van der Waals surface area contributed by atoms with Gasteiger partial charge in [-0.1, -0.05) is 6.07 Å². The minimum absolute atomic E-state index is 0.124. The molecule has 0 bridgehead atoms. The third-order valence-corrected chi connectivity index (χ3v) is 4.58. The molecule has 6 nitrogen and oxygen atoms in total. The maximum Gasteiger partial charge on any atom is 0.209 e. The zero-order valence-corrected chi connectivity index (χ0v) is 12.4. The molecule has 1 heterocycles. The van der Waals surface area contributed by atoms with Crippen LogP contribution in [0.5, 0.6) is 5.75 Å². The van der Waals surface area contributed by atoms with Crippen LogP contribution in [0.1, 0.15) is 18.4 Å². The number of hydrogen-bond acceptors (Lipinski definition) is 5. The van der Waals surface area contributed by atoms with Crippen LogP contribution in [0, 0.1) is 16.7 Å². The normalized spacial score (nSPS) is 17.9. The number of nitrogens with zero attached hydrogens (tertiary/aromatic N) is 1. The standard InChI is InChI=1S/C14H18N2O4S/c15-9-12-2-1-3-13(8-12)20-10-14(11-21(16,17)18)4-6-19-7-5-14/h1-3,8H,4-7,10-11H2,(H2,16,17,18). The fourth-order valence-corrected chi connectivity index (χ4v) is 3.68. The van der Waals surface area contributed by atoms with Crippen molar-refractivity contribution in [3.63, 3.8) is 0 Å². The quantitative estimate of drug-likeness (QED) is 0.874. The number of rotatable bonds is 5. The lowest BCUT2D eigenvalue weighted by atomic mass is 9.83. The topological polar surface area (TPSA) is 102 Å². The zero-order chi connectivity index (χ0) is 15.3. The Balaban J connectivity index is 2.10. The Morgan fingerprint density at radius 3 is 2.71 bits per heavy atom. The summed E-state index contributed by atoms with van der Waals surface area (Å²) >= 11 is 0. The molecule has 7 heteroatoms. The van der Waals surface area contributed by atoms with E-state index in [2.05, 4.69) is 0 Å². The van der Waals surface area contributed by atoms with Gasteiger partial charge in [0.25, 0.3) is 0 Å². The smallest absolute Gasteiger partial charge is 0.209 e. The number of nitrogens with two attached hydrogens (primary N) is 1. The van der Waals surface area contributed by atoms with E-state index in [1.807, 2.05) is 6.07 Å². The Labute approximate surface area is 124 Å². The van der Waals surface area contributed by atoms with E-state index in [-0.39, 0.29) is 12.4 Å². The van der Waals surface area contributed by atoms with Crippen LogP contribution in [0.4, 0.5) is 0 Å². The molecule has 0 aliphatic carbocycles. The van der Waals surface area contributed by atoms with Gasteiger partial charge in [-0.3, -0.25) is 0 Å². The summed E-state index contributed by atoms with van der Waals surface area (Å²) in [4.78, 5) is 0. The third-order valence-electron chi connectivity index (χ3n) is 3.57. The largest absolute Gasteiger partial charge is 0.493 e. The summed E-state index contributed by atoms with van der Waals surface area (Å²) in [6.07, 6.45) is 1.17. The summed E-state index contributed by atoms with van der Waals surface area (Å²) in [5, 5.41) is 14.1. The molecule has 0 unspecified atom stereocenters. The molecule has 0 spiro atoms. The fourth-order valence-electron chi connectivity index (χ4n) is 2.45. The first-order chi connectivity index (χ1) is 9.92. The molecule has 1 aliphatic heterocycles. The van der Waals surface area contributed by atoms with Crippen molar-refractivity contribution < 1.29 is 17.9 Å². The van der Waals surface area contributed by atoms with Gasteiger partial charge in [0.05, 0.1) is 24.0 Å². The first kappa shape index (κ1) is 15.8. The van der Waals surface area contributed by atoms with Gasteiger partial charge >= 0.3 is 0 Å². The van der Waals surface area contributed by atoms with Crippen molar-refractivity contribution >= 4 is 10.0 Å². The predicted octanol–water partition coefficient (Wildman–Crippen LogP) is 1.02. The van der Waals surface area contributed by atoms with E-state index in [4.69, 9.17) is 19.9 Å². The lowest BCUT2D eigenvalue weighted by Crippen LogP contribution is -2.42. The van der Waals surface area contributed by atoms with Crippen molar-refractivity contribution in [2.45, 2.75) is 12.8 Å². The molecule has 1 aromatic rings. The molecule has 21 heavy (non-hydrogen) atoms. The summed E-state index contributed by atoms with van der Waals surface area (Å²) in [5.74, 6) is 0.427.